The Balaban J connectivity index is 1.31. The van der Waals surface area contributed by atoms with Gasteiger partial charge >= 0.3 is 5.97 Å². The van der Waals surface area contributed by atoms with Crippen LogP contribution >= 0.6 is 11.6 Å². The van der Waals surface area contributed by atoms with E-state index in [2.05, 4.69) is 10.3 Å². The van der Waals surface area contributed by atoms with Gasteiger partial charge in [-0.05, 0) is 55.8 Å². The molecule has 0 aliphatic rings. The summed E-state index contributed by atoms with van der Waals surface area (Å²) in [5.74, 6) is 0.703. The third-order valence-electron chi connectivity index (χ3n) is 6.07. The number of benzene rings is 3. The van der Waals surface area contributed by atoms with E-state index < -0.39 is 12.0 Å². The van der Waals surface area contributed by atoms with Gasteiger partial charge in [0.05, 0.1) is 17.3 Å². The molecule has 8 heteroatoms. The lowest BCUT2D eigenvalue weighted by molar-refractivity contribution is -0.139. The molecule has 1 atom stereocenters. The molecule has 0 aliphatic heterocycles. The van der Waals surface area contributed by atoms with Gasteiger partial charge in [0.25, 0.3) is 0 Å². The molecule has 0 saturated carbocycles. The molecular weight excluding hydrogens is 516 g/mol. The SMILES string of the molecule is C/C(=C/C(=O)c1ccccc1Cl)N[C@@H](Cc1ccc(OCCc2nc(-c3ccccc3)oc2C)cc1)C(=O)O. The molecule has 0 fully saturated rings. The fourth-order valence-corrected chi connectivity index (χ4v) is 4.27. The van der Waals surface area contributed by atoms with E-state index in [1.165, 1.54) is 6.08 Å². The molecule has 0 bridgehead atoms. The monoisotopic (exact) mass is 544 g/mol. The van der Waals surface area contributed by atoms with Crippen LogP contribution in [0.1, 0.15) is 34.3 Å². The number of carbonyl (C=O) groups is 2. The number of hydrogen-bond acceptors (Lipinski definition) is 6. The number of halogens is 1. The Morgan fingerprint density at radius 2 is 1.74 bits per heavy atom. The van der Waals surface area contributed by atoms with E-state index in [1.54, 1.807) is 31.2 Å². The lowest BCUT2D eigenvalue weighted by Crippen LogP contribution is -2.37. The van der Waals surface area contributed by atoms with E-state index >= 15 is 0 Å². The highest BCUT2D eigenvalue weighted by atomic mass is 35.5. The summed E-state index contributed by atoms with van der Waals surface area (Å²) in [7, 11) is 0. The zero-order chi connectivity index (χ0) is 27.8. The summed E-state index contributed by atoms with van der Waals surface area (Å²) in [6, 6.07) is 22.8. The van der Waals surface area contributed by atoms with Crippen LogP contribution in [0.25, 0.3) is 11.5 Å². The number of aromatic nitrogens is 1. The number of carboxylic acids is 1. The van der Waals surface area contributed by atoms with E-state index in [9.17, 15) is 14.7 Å². The van der Waals surface area contributed by atoms with Crippen molar-refractivity contribution in [3.05, 3.63) is 118 Å². The lowest BCUT2D eigenvalue weighted by atomic mass is 10.0. The molecule has 39 heavy (non-hydrogen) atoms. The first-order chi connectivity index (χ1) is 18.8. The second-order valence-corrected chi connectivity index (χ2v) is 9.45. The normalized spacial score (nSPS) is 12.1. The summed E-state index contributed by atoms with van der Waals surface area (Å²) in [5, 5.41) is 13.0. The lowest BCUT2D eigenvalue weighted by Gasteiger charge is -2.16. The van der Waals surface area contributed by atoms with Crippen molar-refractivity contribution < 1.29 is 23.8 Å². The number of carbonyl (C=O) groups excluding carboxylic acids is 1. The number of rotatable bonds is 12. The number of carboxylic acid groups (broad SMARTS) is 1. The maximum atomic E-state index is 12.5. The Hall–Kier alpha value is -4.36. The van der Waals surface area contributed by atoms with Crippen molar-refractivity contribution in [3.8, 4) is 17.2 Å². The Kier molecular flexibility index (Phi) is 9.18. The molecule has 0 amide bonds. The predicted octanol–water partition coefficient (Wildman–Crippen LogP) is 6.30. The minimum Gasteiger partial charge on any atom is -0.493 e. The standard InChI is InChI=1S/C31H29ClN2O5/c1-20(18-29(35)25-10-6-7-11-26(25)32)33-28(31(36)37)19-22-12-14-24(15-13-22)38-17-16-27-21(2)39-30(34-27)23-8-4-3-5-9-23/h3-15,18,28,33H,16-17,19H2,1-2H3,(H,36,37)/b20-18-/t28-/m0/s1. The first-order valence-electron chi connectivity index (χ1n) is 12.5. The van der Waals surface area contributed by atoms with E-state index in [-0.39, 0.29) is 12.2 Å². The summed E-state index contributed by atoms with van der Waals surface area (Å²) in [6.07, 6.45) is 2.17. The number of allylic oxidation sites excluding steroid dienone is 2. The Morgan fingerprint density at radius 1 is 1.05 bits per heavy atom. The smallest absolute Gasteiger partial charge is 0.326 e. The van der Waals surface area contributed by atoms with E-state index in [0.29, 0.717) is 41.0 Å². The quantitative estimate of drug-likeness (QED) is 0.159. The van der Waals surface area contributed by atoms with E-state index in [0.717, 1.165) is 22.6 Å². The fraction of sp³-hybridized carbons (Fsp3) is 0.194. The number of ether oxygens (including phenoxy) is 1. The van der Waals surface area contributed by atoms with Crippen molar-refractivity contribution >= 4 is 23.4 Å². The van der Waals surface area contributed by atoms with Crippen LogP contribution in [0.4, 0.5) is 0 Å². The van der Waals surface area contributed by atoms with Gasteiger partial charge < -0.3 is 19.6 Å². The Bertz CT molecular complexity index is 1460. The first-order valence-corrected chi connectivity index (χ1v) is 12.9. The Labute approximate surface area is 232 Å². The second kappa shape index (κ2) is 12.9. The number of nitrogens with one attached hydrogen (secondary N) is 1. The molecule has 0 radical (unpaired) electrons. The van der Waals surface area contributed by atoms with Crippen molar-refractivity contribution in [2.24, 2.45) is 0 Å². The maximum absolute atomic E-state index is 12.5. The van der Waals surface area contributed by atoms with Crippen molar-refractivity contribution in [2.75, 3.05) is 6.61 Å². The van der Waals surface area contributed by atoms with Gasteiger partial charge in [0.15, 0.2) is 5.78 Å². The molecule has 1 aromatic heterocycles. The minimum atomic E-state index is -1.02. The second-order valence-electron chi connectivity index (χ2n) is 9.04. The fourth-order valence-electron chi connectivity index (χ4n) is 4.04. The number of hydrogen-bond donors (Lipinski definition) is 2. The topological polar surface area (TPSA) is 102 Å². The molecule has 3 aromatic carbocycles. The van der Waals surface area contributed by atoms with Crippen LogP contribution in [0.3, 0.4) is 0 Å². The van der Waals surface area contributed by atoms with Crippen LogP contribution in [0.2, 0.25) is 5.02 Å². The molecule has 4 rings (SSSR count). The first kappa shape index (κ1) is 27.7. The van der Waals surface area contributed by atoms with Gasteiger partial charge in [-0.25, -0.2) is 9.78 Å². The average Bonchev–Trinajstić information content (AvgIpc) is 3.30. The van der Waals surface area contributed by atoms with Gasteiger partial charge in [0.2, 0.25) is 5.89 Å². The van der Waals surface area contributed by atoms with Crippen LogP contribution in [0.5, 0.6) is 5.75 Å². The van der Waals surface area contributed by atoms with E-state index in [4.69, 9.17) is 20.8 Å². The van der Waals surface area contributed by atoms with Crippen LogP contribution in [-0.4, -0.2) is 34.5 Å². The van der Waals surface area contributed by atoms with Gasteiger partial charge in [0.1, 0.15) is 17.6 Å². The Morgan fingerprint density at radius 3 is 2.44 bits per heavy atom. The maximum Gasteiger partial charge on any atom is 0.326 e. The van der Waals surface area contributed by atoms with Gasteiger partial charge in [-0.1, -0.05) is 54.1 Å². The predicted molar refractivity (Wildman–Crippen MR) is 150 cm³/mol. The summed E-state index contributed by atoms with van der Waals surface area (Å²) in [5.41, 5.74) is 3.38. The third kappa shape index (κ3) is 7.58. The number of aryl methyl sites for hydroxylation is 1. The summed E-state index contributed by atoms with van der Waals surface area (Å²) in [6.45, 7) is 3.96. The number of nitrogens with zero attached hydrogens (tertiary/aromatic N) is 1. The van der Waals surface area contributed by atoms with Crippen LogP contribution in [-0.2, 0) is 17.6 Å². The summed E-state index contributed by atoms with van der Waals surface area (Å²) >= 11 is 6.09. The number of aliphatic carboxylic acids is 1. The van der Waals surface area contributed by atoms with Gasteiger partial charge in [-0.15, -0.1) is 0 Å². The largest absolute Gasteiger partial charge is 0.493 e. The zero-order valence-electron chi connectivity index (χ0n) is 21.7. The minimum absolute atomic E-state index is 0.224. The third-order valence-corrected chi connectivity index (χ3v) is 6.40. The van der Waals surface area contributed by atoms with Gasteiger partial charge in [-0.3, -0.25) is 4.79 Å². The van der Waals surface area contributed by atoms with Crippen molar-refractivity contribution in [2.45, 2.75) is 32.7 Å². The molecular formula is C31H29ClN2O5. The molecule has 0 spiro atoms. The molecule has 0 saturated heterocycles. The molecule has 4 aromatic rings. The highest BCUT2D eigenvalue weighted by Crippen LogP contribution is 2.22. The van der Waals surface area contributed by atoms with Crippen molar-refractivity contribution in [1.82, 2.24) is 10.3 Å². The molecule has 7 nitrogen and oxygen atoms in total. The van der Waals surface area contributed by atoms with Gasteiger partial charge in [-0.2, -0.15) is 0 Å². The summed E-state index contributed by atoms with van der Waals surface area (Å²) in [4.78, 5) is 29.0. The molecule has 200 valence electrons. The van der Waals surface area contributed by atoms with Crippen molar-refractivity contribution in [3.63, 3.8) is 0 Å². The van der Waals surface area contributed by atoms with Crippen molar-refractivity contribution in [1.29, 1.82) is 0 Å². The summed E-state index contributed by atoms with van der Waals surface area (Å²) < 4.78 is 11.7. The molecule has 1 heterocycles. The van der Waals surface area contributed by atoms with Crippen LogP contribution in [0, 0.1) is 6.92 Å². The van der Waals surface area contributed by atoms with Crippen LogP contribution < -0.4 is 10.1 Å². The number of oxazole rings is 1. The van der Waals surface area contributed by atoms with Crippen LogP contribution in [0.15, 0.2) is 95.1 Å². The highest BCUT2D eigenvalue weighted by Gasteiger charge is 2.19. The van der Waals surface area contributed by atoms with E-state index in [1.807, 2.05) is 61.5 Å². The zero-order valence-corrected chi connectivity index (χ0v) is 22.4. The molecule has 0 aliphatic carbocycles. The highest BCUT2D eigenvalue weighted by molar-refractivity contribution is 6.34. The molecule has 2 N–H and O–H groups in total. The van der Waals surface area contributed by atoms with Gasteiger partial charge in [0, 0.05) is 35.7 Å². The number of ketones is 1. The molecule has 0 unspecified atom stereocenters. The average molecular weight is 545 g/mol.